The van der Waals surface area contributed by atoms with Crippen molar-refractivity contribution in [2.45, 2.75) is 13.5 Å². The molecule has 5 heteroatoms. The molecule has 19 heavy (non-hydrogen) atoms. The van der Waals surface area contributed by atoms with Gasteiger partial charge in [0.1, 0.15) is 11.4 Å². The molecule has 96 valence electrons. The van der Waals surface area contributed by atoms with Crippen molar-refractivity contribution in [2.75, 3.05) is 0 Å². The van der Waals surface area contributed by atoms with Gasteiger partial charge in [0.05, 0.1) is 23.3 Å². The fourth-order valence-electron chi connectivity index (χ4n) is 2.06. The van der Waals surface area contributed by atoms with Crippen LogP contribution in [-0.4, -0.2) is 20.1 Å². The van der Waals surface area contributed by atoms with Crippen molar-refractivity contribution in [3.8, 4) is 17.1 Å². The lowest BCUT2D eigenvalue weighted by Gasteiger charge is -2.03. The summed E-state index contributed by atoms with van der Waals surface area (Å²) in [6.07, 6.45) is 1.72. The summed E-state index contributed by atoms with van der Waals surface area (Å²) in [5, 5.41) is 10.5. The van der Waals surface area contributed by atoms with Gasteiger partial charge in [0.2, 0.25) is 0 Å². The van der Waals surface area contributed by atoms with Crippen LogP contribution in [0, 0.1) is 6.92 Å². The van der Waals surface area contributed by atoms with Gasteiger partial charge in [-0.25, -0.2) is 4.98 Å². The van der Waals surface area contributed by atoms with Gasteiger partial charge in [-0.2, -0.15) is 0 Å². The van der Waals surface area contributed by atoms with Crippen molar-refractivity contribution in [3.63, 3.8) is 0 Å². The Hall–Kier alpha value is -2.40. The Morgan fingerprint density at radius 2 is 2.16 bits per heavy atom. The maximum atomic E-state index is 9.46. The van der Waals surface area contributed by atoms with Crippen LogP contribution in [0.4, 0.5) is 0 Å². The second-order valence-corrected chi connectivity index (χ2v) is 4.45. The topological polar surface area (TPSA) is 87.8 Å². The van der Waals surface area contributed by atoms with E-state index in [1.54, 1.807) is 18.3 Å². The lowest BCUT2D eigenvalue weighted by atomic mass is 10.2. The van der Waals surface area contributed by atoms with Crippen molar-refractivity contribution in [1.29, 1.82) is 0 Å². The number of nitrogens with two attached hydrogens (primary N) is 1. The first-order valence-corrected chi connectivity index (χ1v) is 6.02. The predicted octanol–water partition coefficient (Wildman–Crippen LogP) is 2.10. The summed E-state index contributed by atoms with van der Waals surface area (Å²) in [6.45, 7) is 2.26. The predicted molar refractivity (Wildman–Crippen MR) is 73.6 cm³/mol. The van der Waals surface area contributed by atoms with Crippen LogP contribution in [0.3, 0.4) is 0 Å². The number of hydrogen-bond donors (Lipinski definition) is 3. The molecule has 0 saturated carbocycles. The molecular formula is C14H14N4O. The number of phenolic OH excluding ortho intramolecular Hbond substituents is 1. The maximum Gasteiger partial charge on any atom is 0.117 e. The average molecular weight is 254 g/mol. The van der Waals surface area contributed by atoms with E-state index in [1.807, 2.05) is 19.1 Å². The summed E-state index contributed by atoms with van der Waals surface area (Å²) < 4.78 is 0. The summed E-state index contributed by atoms with van der Waals surface area (Å²) in [6, 6.07) is 7.18. The number of phenols is 1. The minimum atomic E-state index is 0.235. The Balaban J connectivity index is 2.13. The zero-order valence-electron chi connectivity index (χ0n) is 10.5. The SMILES string of the molecule is Cc1ncc(-c2cc3ccc(O)cc3[nH]2)nc1CN. The first kappa shape index (κ1) is 11.7. The van der Waals surface area contributed by atoms with Crippen molar-refractivity contribution >= 4 is 10.9 Å². The molecule has 2 heterocycles. The molecule has 3 aromatic rings. The van der Waals surface area contributed by atoms with E-state index >= 15 is 0 Å². The molecule has 0 spiro atoms. The second kappa shape index (κ2) is 4.37. The Bertz CT molecular complexity index is 748. The van der Waals surface area contributed by atoms with Gasteiger partial charge in [-0.15, -0.1) is 0 Å². The van der Waals surface area contributed by atoms with Crippen LogP contribution in [0.5, 0.6) is 5.75 Å². The van der Waals surface area contributed by atoms with Crippen molar-refractivity contribution in [2.24, 2.45) is 5.73 Å². The van der Waals surface area contributed by atoms with Gasteiger partial charge in [-0.1, -0.05) is 0 Å². The molecular weight excluding hydrogens is 240 g/mol. The smallest absolute Gasteiger partial charge is 0.117 e. The molecule has 0 atom stereocenters. The molecule has 0 unspecified atom stereocenters. The minimum Gasteiger partial charge on any atom is -0.508 e. The molecule has 0 aliphatic heterocycles. The summed E-state index contributed by atoms with van der Waals surface area (Å²) in [5.41, 5.74) is 9.77. The monoisotopic (exact) mass is 254 g/mol. The van der Waals surface area contributed by atoms with Gasteiger partial charge in [-0.05, 0) is 25.1 Å². The fourth-order valence-corrected chi connectivity index (χ4v) is 2.06. The highest BCUT2D eigenvalue weighted by molar-refractivity contribution is 5.86. The van der Waals surface area contributed by atoms with E-state index in [9.17, 15) is 5.11 Å². The highest BCUT2D eigenvalue weighted by Crippen LogP contribution is 2.25. The third-order valence-corrected chi connectivity index (χ3v) is 3.13. The molecule has 0 amide bonds. The molecule has 1 aromatic carbocycles. The summed E-state index contributed by atoms with van der Waals surface area (Å²) >= 11 is 0. The Kier molecular flexibility index (Phi) is 2.68. The van der Waals surface area contributed by atoms with Crippen LogP contribution in [0.15, 0.2) is 30.5 Å². The summed E-state index contributed by atoms with van der Waals surface area (Å²) in [5.74, 6) is 0.235. The lowest BCUT2D eigenvalue weighted by Crippen LogP contribution is -2.05. The second-order valence-electron chi connectivity index (χ2n) is 4.45. The van der Waals surface area contributed by atoms with E-state index in [-0.39, 0.29) is 5.75 Å². The molecule has 0 aliphatic rings. The zero-order valence-corrected chi connectivity index (χ0v) is 10.5. The molecule has 0 aliphatic carbocycles. The molecule has 0 saturated heterocycles. The minimum absolute atomic E-state index is 0.235. The Morgan fingerprint density at radius 3 is 2.95 bits per heavy atom. The number of aromatic hydroxyl groups is 1. The van der Waals surface area contributed by atoms with E-state index < -0.39 is 0 Å². The molecule has 5 nitrogen and oxygen atoms in total. The highest BCUT2D eigenvalue weighted by Gasteiger charge is 2.08. The van der Waals surface area contributed by atoms with Gasteiger partial charge in [-0.3, -0.25) is 4.98 Å². The standard InChI is InChI=1S/C14H14N4O/c1-8-13(6-15)18-14(7-16-8)12-4-9-2-3-10(19)5-11(9)17-12/h2-5,7,17,19H,6,15H2,1H3. The molecule has 3 rings (SSSR count). The van der Waals surface area contributed by atoms with Crippen molar-refractivity contribution < 1.29 is 5.11 Å². The number of hydrogen-bond acceptors (Lipinski definition) is 4. The number of benzene rings is 1. The van der Waals surface area contributed by atoms with Crippen LogP contribution in [0.25, 0.3) is 22.3 Å². The van der Waals surface area contributed by atoms with Gasteiger partial charge in [0.15, 0.2) is 0 Å². The lowest BCUT2D eigenvalue weighted by molar-refractivity contribution is 0.476. The number of aromatic nitrogens is 3. The van der Waals surface area contributed by atoms with Crippen molar-refractivity contribution in [3.05, 3.63) is 41.9 Å². The van der Waals surface area contributed by atoms with E-state index in [0.29, 0.717) is 6.54 Å². The van der Waals surface area contributed by atoms with Gasteiger partial charge in [0, 0.05) is 23.5 Å². The van der Waals surface area contributed by atoms with Crippen LogP contribution < -0.4 is 5.73 Å². The normalized spacial score (nSPS) is 11.1. The molecule has 0 bridgehead atoms. The number of H-pyrrole nitrogens is 1. The number of rotatable bonds is 2. The van der Waals surface area contributed by atoms with Crippen LogP contribution in [0.1, 0.15) is 11.4 Å². The van der Waals surface area contributed by atoms with Crippen LogP contribution >= 0.6 is 0 Å². The maximum absolute atomic E-state index is 9.46. The third kappa shape index (κ3) is 2.04. The van der Waals surface area contributed by atoms with Crippen LogP contribution in [-0.2, 0) is 6.54 Å². The van der Waals surface area contributed by atoms with E-state index in [2.05, 4.69) is 15.0 Å². The van der Waals surface area contributed by atoms with E-state index in [1.165, 1.54) is 0 Å². The molecule has 0 fully saturated rings. The summed E-state index contributed by atoms with van der Waals surface area (Å²) in [7, 11) is 0. The fraction of sp³-hybridized carbons (Fsp3) is 0.143. The van der Waals surface area contributed by atoms with Crippen molar-refractivity contribution in [1.82, 2.24) is 15.0 Å². The quantitative estimate of drug-likeness (QED) is 0.653. The first-order chi connectivity index (χ1) is 9.17. The Labute approximate surface area is 110 Å². The molecule has 4 N–H and O–H groups in total. The number of nitrogens with zero attached hydrogens (tertiary/aromatic N) is 2. The molecule has 2 aromatic heterocycles. The Morgan fingerprint density at radius 1 is 1.32 bits per heavy atom. The number of aromatic amines is 1. The van der Waals surface area contributed by atoms with Gasteiger partial charge in [0.25, 0.3) is 0 Å². The third-order valence-electron chi connectivity index (χ3n) is 3.13. The number of fused-ring (bicyclic) bond motifs is 1. The molecule has 0 radical (unpaired) electrons. The number of aryl methyl sites for hydroxylation is 1. The van der Waals surface area contributed by atoms with Gasteiger partial charge < -0.3 is 15.8 Å². The van der Waals surface area contributed by atoms with Gasteiger partial charge >= 0.3 is 0 Å². The van der Waals surface area contributed by atoms with E-state index in [4.69, 9.17) is 5.73 Å². The summed E-state index contributed by atoms with van der Waals surface area (Å²) in [4.78, 5) is 12.0. The highest BCUT2D eigenvalue weighted by atomic mass is 16.3. The largest absolute Gasteiger partial charge is 0.508 e. The van der Waals surface area contributed by atoms with E-state index in [0.717, 1.165) is 33.7 Å². The van der Waals surface area contributed by atoms with Crippen LogP contribution in [0.2, 0.25) is 0 Å². The number of nitrogens with one attached hydrogen (secondary N) is 1. The first-order valence-electron chi connectivity index (χ1n) is 6.02. The average Bonchev–Trinajstić information content (AvgIpc) is 2.82. The zero-order chi connectivity index (χ0) is 13.4.